The summed E-state index contributed by atoms with van der Waals surface area (Å²) in [6.07, 6.45) is 3.46. The zero-order valence-corrected chi connectivity index (χ0v) is 15.0. The highest BCUT2D eigenvalue weighted by molar-refractivity contribution is 5.79. The topological polar surface area (TPSA) is 69.8 Å². The molecule has 0 aliphatic heterocycles. The number of rotatable bonds is 5. The average Bonchev–Trinajstić information content (AvgIpc) is 3.10. The molecule has 3 N–H and O–H groups in total. The number of hydrogen-bond donors (Lipinski definition) is 3. The van der Waals surface area contributed by atoms with Crippen molar-refractivity contribution in [2.45, 2.75) is 38.3 Å². The molecule has 1 aliphatic carbocycles. The molecule has 3 aromatic rings. The summed E-state index contributed by atoms with van der Waals surface area (Å²) in [6.45, 7) is 0.239. The molecule has 1 aromatic heterocycles. The van der Waals surface area contributed by atoms with E-state index in [1.807, 2.05) is 24.3 Å². The lowest BCUT2D eigenvalue weighted by molar-refractivity contribution is -0.126. The van der Waals surface area contributed by atoms with Gasteiger partial charge in [-0.3, -0.25) is 4.79 Å². The Bertz CT molecular complexity index is 898. The van der Waals surface area contributed by atoms with Crippen LogP contribution in [0.2, 0.25) is 0 Å². The number of anilines is 1. The lowest BCUT2D eigenvalue weighted by Crippen LogP contribution is -2.35. The van der Waals surface area contributed by atoms with Crippen molar-refractivity contribution in [2.75, 3.05) is 5.32 Å². The number of nitrogens with zero attached hydrogens (tertiary/aromatic N) is 1. The van der Waals surface area contributed by atoms with E-state index in [0.717, 1.165) is 42.7 Å². The number of carbonyl (C=O) groups excluding carboxylic acids is 1. The van der Waals surface area contributed by atoms with Crippen molar-refractivity contribution in [1.29, 1.82) is 0 Å². The molecule has 0 atom stereocenters. The van der Waals surface area contributed by atoms with Crippen molar-refractivity contribution >= 4 is 22.9 Å². The SMILES string of the molecule is O=C(NCc1ccccc1F)C1CCC(Nc2nc3ccccc3[nH]2)CC1. The second kappa shape index (κ2) is 7.78. The molecule has 2 aromatic carbocycles. The molecular weight excluding hydrogens is 343 g/mol. The van der Waals surface area contributed by atoms with Crippen LogP contribution in [0.5, 0.6) is 0 Å². The molecule has 6 heteroatoms. The summed E-state index contributed by atoms with van der Waals surface area (Å²) in [5, 5.41) is 6.32. The maximum atomic E-state index is 13.6. The molecule has 0 bridgehead atoms. The van der Waals surface area contributed by atoms with E-state index in [2.05, 4.69) is 20.6 Å². The van der Waals surface area contributed by atoms with E-state index in [-0.39, 0.29) is 24.2 Å². The molecule has 0 unspecified atom stereocenters. The molecule has 0 spiro atoms. The normalized spacial score (nSPS) is 19.7. The largest absolute Gasteiger partial charge is 0.353 e. The molecule has 5 nitrogen and oxygen atoms in total. The summed E-state index contributed by atoms with van der Waals surface area (Å²) in [5.41, 5.74) is 2.48. The van der Waals surface area contributed by atoms with E-state index in [4.69, 9.17) is 0 Å². The lowest BCUT2D eigenvalue weighted by atomic mass is 9.85. The number of halogens is 1. The highest BCUT2D eigenvalue weighted by Gasteiger charge is 2.26. The Hall–Kier alpha value is -2.89. The number of imidazole rings is 1. The number of aromatic amines is 1. The van der Waals surface area contributed by atoms with E-state index < -0.39 is 0 Å². The number of carbonyl (C=O) groups is 1. The van der Waals surface area contributed by atoms with Crippen molar-refractivity contribution in [3.05, 3.63) is 59.9 Å². The minimum absolute atomic E-state index is 0.00880. The van der Waals surface area contributed by atoms with Gasteiger partial charge < -0.3 is 15.6 Å². The fraction of sp³-hybridized carbons (Fsp3) is 0.333. The van der Waals surface area contributed by atoms with Crippen molar-refractivity contribution in [3.63, 3.8) is 0 Å². The van der Waals surface area contributed by atoms with Crippen LogP contribution in [-0.2, 0) is 11.3 Å². The summed E-state index contributed by atoms with van der Waals surface area (Å²) in [7, 11) is 0. The van der Waals surface area contributed by atoms with Crippen LogP contribution < -0.4 is 10.6 Å². The van der Waals surface area contributed by atoms with Gasteiger partial charge in [0, 0.05) is 24.1 Å². The molecule has 0 radical (unpaired) electrons. The third kappa shape index (κ3) is 4.10. The Morgan fingerprint density at radius 2 is 1.81 bits per heavy atom. The van der Waals surface area contributed by atoms with Crippen LogP contribution in [0.4, 0.5) is 10.3 Å². The summed E-state index contributed by atoms with van der Waals surface area (Å²) in [4.78, 5) is 20.2. The fourth-order valence-electron chi connectivity index (χ4n) is 3.68. The Morgan fingerprint density at radius 3 is 2.59 bits per heavy atom. The number of fused-ring (bicyclic) bond motifs is 1. The minimum Gasteiger partial charge on any atom is -0.353 e. The molecular formula is C21H23FN4O. The molecule has 1 heterocycles. The van der Waals surface area contributed by atoms with Crippen LogP contribution in [0, 0.1) is 11.7 Å². The van der Waals surface area contributed by atoms with Crippen LogP contribution in [0.3, 0.4) is 0 Å². The number of H-pyrrole nitrogens is 1. The molecule has 1 aliphatic rings. The summed E-state index contributed by atoms with van der Waals surface area (Å²) in [6, 6.07) is 14.8. The Labute approximate surface area is 157 Å². The molecule has 1 saturated carbocycles. The van der Waals surface area contributed by atoms with Crippen LogP contribution >= 0.6 is 0 Å². The maximum Gasteiger partial charge on any atom is 0.223 e. The Kier molecular flexibility index (Phi) is 5.05. The first-order chi connectivity index (χ1) is 13.2. The van der Waals surface area contributed by atoms with Gasteiger partial charge in [-0.25, -0.2) is 9.37 Å². The van der Waals surface area contributed by atoms with Crippen LogP contribution in [0.15, 0.2) is 48.5 Å². The number of para-hydroxylation sites is 2. The molecule has 4 rings (SSSR count). The zero-order valence-electron chi connectivity index (χ0n) is 15.0. The van der Waals surface area contributed by atoms with Gasteiger partial charge in [-0.05, 0) is 43.9 Å². The van der Waals surface area contributed by atoms with Gasteiger partial charge >= 0.3 is 0 Å². The van der Waals surface area contributed by atoms with Crippen molar-refractivity contribution in [2.24, 2.45) is 5.92 Å². The second-order valence-electron chi connectivity index (χ2n) is 7.10. The average molecular weight is 366 g/mol. The highest BCUT2D eigenvalue weighted by atomic mass is 19.1. The predicted octanol–water partition coefficient (Wildman–Crippen LogP) is 3.99. The number of hydrogen-bond acceptors (Lipinski definition) is 3. The lowest BCUT2D eigenvalue weighted by Gasteiger charge is -2.28. The third-order valence-electron chi connectivity index (χ3n) is 5.24. The first kappa shape index (κ1) is 17.5. The van der Waals surface area contributed by atoms with E-state index in [1.165, 1.54) is 6.07 Å². The van der Waals surface area contributed by atoms with Gasteiger partial charge in [0.2, 0.25) is 11.9 Å². The van der Waals surface area contributed by atoms with Crippen molar-refractivity contribution in [1.82, 2.24) is 15.3 Å². The number of benzene rings is 2. The van der Waals surface area contributed by atoms with Gasteiger partial charge in [-0.15, -0.1) is 0 Å². The fourth-order valence-corrected chi connectivity index (χ4v) is 3.68. The van der Waals surface area contributed by atoms with Gasteiger partial charge in [0.25, 0.3) is 0 Å². The second-order valence-corrected chi connectivity index (χ2v) is 7.10. The zero-order chi connectivity index (χ0) is 18.6. The van der Waals surface area contributed by atoms with Crippen LogP contribution in [-0.4, -0.2) is 21.9 Å². The highest BCUT2D eigenvalue weighted by Crippen LogP contribution is 2.27. The summed E-state index contributed by atoms with van der Waals surface area (Å²) < 4.78 is 13.6. The first-order valence-electron chi connectivity index (χ1n) is 9.41. The third-order valence-corrected chi connectivity index (χ3v) is 5.24. The molecule has 1 amide bonds. The van der Waals surface area contributed by atoms with E-state index in [1.54, 1.807) is 18.2 Å². The first-order valence-corrected chi connectivity index (χ1v) is 9.41. The Balaban J connectivity index is 1.27. The van der Waals surface area contributed by atoms with Crippen LogP contribution in [0.25, 0.3) is 11.0 Å². The smallest absolute Gasteiger partial charge is 0.223 e. The van der Waals surface area contributed by atoms with Gasteiger partial charge in [0.15, 0.2) is 0 Å². The quantitative estimate of drug-likeness (QED) is 0.639. The van der Waals surface area contributed by atoms with E-state index in [0.29, 0.717) is 11.6 Å². The molecule has 27 heavy (non-hydrogen) atoms. The molecule has 0 saturated heterocycles. The minimum atomic E-state index is -0.281. The van der Waals surface area contributed by atoms with Gasteiger partial charge in [0.05, 0.1) is 11.0 Å². The number of aromatic nitrogens is 2. The standard InChI is InChI=1S/C21H23FN4O/c22-17-6-2-1-5-15(17)13-23-20(27)14-9-11-16(12-10-14)24-21-25-18-7-3-4-8-19(18)26-21/h1-8,14,16H,9-13H2,(H,23,27)(H2,24,25,26). The van der Waals surface area contributed by atoms with Crippen molar-refractivity contribution < 1.29 is 9.18 Å². The van der Waals surface area contributed by atoms with Crippen LogP contribution in [0.1, 0.15) is 31.2 Å². The monoisotopic (exact) mass is 366 g/mol. The number of nitrogens with one attached hydrogen (secondary N) is 3. The molecule has 1 fully saturated rings. The van der Waals surface area contributed by atoms with Gasteiger partial charge in [-0.1, -0.05) is 30.3 Å². The summed E-state index contributed by atoms with van der Waals surface area (Å²) >= 11 is 0. The maximum absolute atomic E-state index is 13.6. The van der Waals surface area contributed by atoms with E-state index in [9.17, 15) is 9.18 Å². The predicted molar refractivity (Wildman–Crippen MR) is 104 cm³/mol. The summed E-state index contributed by atoms with van der Waals surface area (Å²) in [5.74, 6) is 0.506. The van der Waals surface area contributed by atoms with E-state index >= 15 is 0 Å². The van der Waals surface area contributed by atoms with Gasteiger partial charge in [-0.2, -0.15) is 0 Å². The van der Waals surface area contributed by atoms with Crippen molar-refractivity contribution in [3.8, 4) is 0 Å². The van der Waals surface area contributed by atoms with Gasteiger partial charge in [0.1, 0.15) is 5.82 Å². The molecule has 140 valence electrons. The Morgan fingerprint density at radius 1 is 1.07 bits per heavy atom. The number of amides is 1.